The molecule has 0 unspecified atom stereocenters. The molecular weight excluding hydrogens is 292 g/mol. The Bertz CT molecular complexity index is 631. The minimum Gasteiger partial charge on any atom is -0.370 e. The van der Waals surface area contributed by atoms with Crippen molar-refractivity contribution in [3.63, 3.8) is 0 Å². The Morgan fingerprint density at radius 1 is 1.41 bits per heavy atom. The van der Waals surface area contributed by atoms with Gasteiger partial charge in [-0.3, -0.25) is 4.99 Å². The van der Waals surface area contributed by atoms with Crippen molar-refractivity contribution >= 4 is 23.0 Å². The lowest BCUT2D eigenvalue weighted by Gasteiger charge is -2.06. The minimum absolute atomic E-state index is 0.451. The maximum absolute atomic E-state index is 5.94. The van der Waals surface area contributed by atoms with Gasteiger partial charge in [0.2, 0.25) is 0 Å². The van der Waals surface area contributed by atoms with Gasteiger partial charge in [-0.2, -0.15) is 0 Å². The molecule has 2 aromatic rings. The Balaban J connectivity index is 1.86. The molecule has 4 nitrogen and oxygen atoms in total. The van der Waals surface area contributed by atoms with Crippen LogP contribution in [0.25, 0.3) is 0 Å². The summed E-state index contributed by atoms with van der Waals surface area (Å²) in [6, 6.07) is 8.22. The maximum Gasteiger partial charge on any atom is 0.193 e. The Kier molecular flexibility index (Phi) is 5.95. The molecule has 3 N–H and O–H groups in total. The van der Waals surface area contributed by atoms with E-state index in [2.05, 4.69) is 53.6 Å². The van der Waals surface area contributed by atoms with Crippen LogP contribution in [0.15, 0.2) is 34.6 Å². The SMILES string of the molecule is CCc1cccc(NC(N)=NCCc2csc(C(C)C)n2)c1. The number of benzene rings is 1. The topological polar surface area (TPSA) is 63.3 Å². The fourth-order valence-corrected chi connectivity index (χ4v) is 2.92. The number of nitrogens with one attached hydrogen (secondary N) is 1. The number of hydrogen-bond acceptors (Lipinski definition) is 3. The second kappa shape index (κ2) is 7.94. The second-order valence-corrected chi connectivity index (χ2v) is 6.42. The third kappa shape index (κ3) is 4.84. The number of nitrogens with zero attached hydrogens (tertiary/aromatic N) is 2. The molecule has 0 radical (unpaired) electrons. The zero-order valence-corrected chi connectivity index (χ0v) is 14.3. The average Bonchev–Trinajstić information content (AvgIpc) is 2.96. The quantitative estimate of drug-likeness (QED) is 0.629. The zero-order valence-electron chi connectivity index (χ0n) is 13.5. The lowest BCUT2D eigenvalue weighted by Crippen LogP contribution is -2.23. The lowest BCUT2D eigenvalue weighted by molar-refractivity contribution is 0.831. The average molecular weight is 316 g/mol. The van der Waals surface area contributed by atoms with Crippen LogP contribution in [-0.2, 0) is 12.8 Å². The van der Waals surface area contributed by atoms with Crippen LogP contribution in [0.1, 0.15) is 43.0 Å². The first-order chi connectivity index (χ1) is 10.6. The first-order valence-corrected chi connectivity index (χ1v) is 8.56. The molecule has 2 rings (SSSR count). The molecular formula is C17H24N4S. The standard InChI is InChI=1S/C17H24N4S/c1-4-13-6-5-7-14(10-13)21-17(18)19-9-8-15-11-22-16(20-15)12(2)3/h5-7,10-12H,4,8-9H2,1-3H3,(H3,18,19,21). The fourth-order valence-electron chi connectivity index (χ4n) is 2.05. The van der Waals surface area contributed by atoms with Crippen molar-refractivity contribution in [2.75, 3.05) is 11.9 Å². The molecule has 0 amide bonds. The number of hydrogen-bond donors (Lipinski definition) is 2. The summed E-state index contributed by atoms with van der Waals surface area (Å²) in [5.74, 6) is 0.937. The van der Waals surface area contributed by atoms with E-state index in [-0.39, 0.29) is 0 Å². The van der Waals surface area contributed by atoms with E-state index in [1.54, 1.807) is 11.3 Å². The van der Waals surface area contributed by atoms with Gasteiger partial charge in [-0.1, -0.05) is 32.9 Å². The van der Waals surface area contributed by atoms with Crippen LogP contribution in [-0.4, -0.2) is 17.5 Å². The first kappa shape index (κ1) is 16.5. The molecule has 1 aromatic carbocycles. The highest BCUT2D eigenvalue weighted by atomic mass is 32.1. The van der Waals surface area contributed by atoms with Crippen molar-refractivity contribution in [3.8, 4) is 0 Å². The van der Waals surface area contributed by atoms with E-state index in [0.29, 0.717) is 18.4 Å². The Morgan fingerprint density at radius 3 is 2.91 bits per heavy atom. The summed E-state index contributed by atoms with van der Waals surface area (Å²) in [5, 5.41) is 6.43. The second-order valence-electron chi connectivity index (χ2n) is 5.53. The van der Waals surface area contributed by atoms with Gasteiger partial charge in [-0.25, -0.2) is 4.98 Å². The molecule has 0 fully saturated rings. The summed E-state index contributed by atoms with van der Waals surface area (Å²) in [6.07, 6.45) is 1.83. The normalized spacial score (nSPS) is 11.9. The molecule has 0 saturated carbocycles. The van der Waals surface area contributed by atoms with Crippen molar-refractivity contribution in [2.45, 2.75) is 39.5 Å². The van der Waals surface area contributed by atoms with Gasteiger partial charge < -0.3 is 11.1 Å². The largest absolute Gasteiger partial charge is 0.370 e. The number of thiazole rings is 1. The number of aromatic nitrogens is 1. The molecule has 1 heterocycles. The van der Waals surface area contributed by atoms with Crippen molar-refractivity contribution in [2.24, 2.45) is 10.7 Å². The zero-order chi connectivity index (χ0) is 15.9. The Hall–Kier alpha value is -1.88. The number of guanidine groups is 1. The van der Waals surface area contributed by atoms with Crippen LogP contribution < -0.4 is 11.1 Å². The van der Waals surface area contributed by atoms with Gasteiger partial charge >= 0.3 is 0 Å². The molecule has 22 heavy (non-hydrogen) atoms. The Labute approximate surface area is 136 Å². The number of rotatable bonds is 6. The summed E-state index contributed by atoms with van der Waals surface area (Å²) in [4.78, 5) is 8.97. The van der Waals surface area contributed by atoms with Gasteiger partial charge in [-0.15, -0.1) is 11.3 Å². The lowest BCUT2D eigenvalue weighted by atomic mass is 10.1. The molecule has 0 aliphatic heterocycles. The summed E-state index contributed by atoms with van der Waals surface area (Å²) in [5.41, 5.74) is 9.29. The third-order valence-electron chi connectivity index (χ3n) is 3.32. The number of aryl methyl sites for hydroxylation is 1. The summed E-state index contributed by atoms with van der Waals surface area (Å²) >= 11 is 1.72. The van der Waals surface area contributed by atoms with Crippen molar-refractivity contribution < 1.29 is 0 Å². The highest BCUT2D eigenvalue weighted by molar-refractivity contribution is 7.09. The van der Waals surface area contributed by atoms with Gasteiger partial charge in [0.05, 0.1) is 10.7 Å². The maximum atomic E-state index is 5.94. The third-order valence-corrected chi connectivity index (χ3v) is 4.52. The van der Waals surface area contributed by atoms with E-state index < -0.39 is 0 Å². The monoisotopic (exact) mass is 316 g/mol. The van der Waals surface area contributed by atoms with E-state index in [4.69, 9.17) is 5.73 Å². The first-order valence-electron chi connectivity index (χ1n) is 7.68. The van der Waals surface area contributed by atoms with E-state index in [1.807, 2.05) is 12.1 Å². The molecule has 118 valence electrons. The highest BCUT2D eigenvalue weighted by Gasteiger charge is 2.05. The van der Waals surface area contributed by atoms with Crippen molar-refractivity contribution in [1.82, 2.24) is 4.98 Å². The van der Waals surface area contributed by atoms with Gasteiger partial charge in [0, 0.05) is 30.0 Å². The van der Waals surface area contributed by atoms with E-state index >= 15 is 0 Å². The molecule has 0 aliphatic carbocycles. The fraction of sp³-hybridized carbons (Fsp3) is 0.412. The molecule has 0 spiro atoms. The summed E-state index contributed by atoms with van der Waals surface area (Å²) < 4.78 is 0. The van der Waals surface area contributed by atoms with Crippen LogP contribution in [0.4, 0.5) is 5.69 Å². The molecule has 0 aliphatic rings. The molecule has 0 bridgehead atoms. The van der Waals surface area contributed by atoms with E-state index in [9.17, 15) is 0 Å². The molecule has 5 heteroatoms. The predicted molar refractivity (Wildman–Crippen MR) is 95.8 cm³/mol. The van der Waals surface area contributed by atoms with Gasteiger partial charge in [0.25, 0.3) is 0 Å². The highest BCUT2D eigenvalue weighted by Crippen LogP contribution is 2.19. The van der Waals surface area contributed by atoms with Crippen LogP contribution in [0.3, 0.4) is 0 Å². The smallest absolute Gasteiger partial charge is 0.193 e. The minimum atomic E-state index is 0.451. The van der Waals surface area contributed by atoms with Crippen LogP contribution in [0.5, 0.6) is 0 Å². The van der Waals surface area contributed by atoms with Gasteiger partial charge in [0.15, 0.2) is 5.96 Å². The summed E-state index contributed by atoms with van der Waals surface area (Å²) in [6.45, 7) is 7.10. The molecule has 0 saturated heterocycles. The molecule has 0 atom stereocenters. The predicted octanol–water partition coefficient (Wildman–Crippen LogP) is 3.80. The molecule has 1 aromatic heterocycles. The number of nitrogens with two attached hydrogens (primary N) is 1. The van der Waals surface area contributed by atoms with Crippen molar-refractivity contribution in [3.05, 3.63) is 45.9 Å². The van der Waals surface area contributed by atoms with Crippen molar-refractivity contribution in [1.29, 1.82) is 0 Å². The van der Waals surface area contributed by atoms with Crippen LogP contribution in [0.2, 0.25) is 0 Å². The van der Waals surface area contributed by atoms with E-state index in [0.717, 1.165) is 24.2 Å². The van der Waals surface area contributed by atoms with Gasteiger partial charge in [-0.05, 0) is 24.1 Å². The van der Waals surface area contributed by atoms with Crippen LogP contribution >= 0.6 is 11.3 Å². The number of anilines is 1. The number of aliphatic imine (C=N–C) groups is 1. The summed E-state index contributed by atoms with van der Waals surface area (Å²) in [7, 11) is 0. The Morgan fingerprint density at radius 2 is 2.23 bits per heavy atom. The van der Waals surface area contributed by atoms with Gasteiger partial charge in [0.1, 0.15) is 0 Å². The van der Waals surface area contributed by atoms with E-state index in [1.165, 1.54) is 10.6 Å². The van der Waals surface area contributed by atoms with Crippen LogP contribution in [0, 0.1) is 0 Å².